The van der Waals surface area contributed by atoms with Gasteiger partial charge in [0.1, 0.15) is 5.75 Å². The highest BCUT2D eigenvalue weighted by molar-refractivity contribution is 7.90. The Bertz CT molecular complexity index is 1100. The van der Waals surface area contributed by atoms with Crippen LogP contribution in [0.2, 0.25) is 0 Å². The minimum absolute atomic E-state index is 0.225. The molecule has 1 N–H and O–H groups in total. The zero-order chi connectivity index (χ0) is 18.7. The van der Waals surface area contributed by atoms with Gasteiger partial charge in [0.25, 0.3) is 0 Å². The van der Waals surface area contributed by atoms with Crippen LogP contribution in [0.3, 0.4) is 0 Å². The number of ether oxygens (including phenoxy) is 1. The van der Waals surface area contributed by atoms with E-state index < -0.39 is 9.84 Å². The number of benzene rings is 2. The van der Waals surface area contributed by atoms with Crippen molar-refractivity contribution in [1.82, 2.24) is 4.98 Å². The average Bonchev–Trinajstić information content (AvgIpc) is 3.00. The number of thiazole rings is 1. The number of sulfone groups is 1. The van der Waals surface area contributed by atoms with Crippen LogP contribution >= 0.6 is 11.3 Å². The van der Waals surface area contributed by atoms with Crippen molar-refractivity contribution in [2.24, 2.45) is 0 Å². The summed E-state index contributed by atoms with van der Waals surface area (Å²) in [5.41, 5.74) is 1.42. The molecule has 134 valence electrons. The Labute approximate surface area is 155 Å². The molecule has 0 atom stereocenters. The van der Waals surface area contributed by atoms with Gasteiger partial charge in [-0.25, -0.2) is 13.4 Å². The van der Waals surface area contributed by atoms with E-state index in [0.29, 0.717) is 21.1 Å². The fraction of sp³-hybridized carbons (Fsp3) is 0.111. The summed E-state index contributed by atoms with van der Waals surface area (Å²) in [4.78, 5) is 16.6. The Morgan fingerprint density at radius 1 is 1.23 bits per heavy atom. The van der Waals surface area contributed by atoms with Crippen molar-refractivity contribution in [3.05, 3.63) is 54.1 Å². The molecule has 0 aliphatic rings. The third kappa shape index (κ3) is 4.09. The van der Waals surface area contributed by atoms with Gasteiger partial charge in [-0.2, -0.15) is 0 Å². The zero-order valence-electron chi connectivity index (χ0n) is 14.1. The van der Waals surface area contributed by atoms with E-state index in [0.717, 1.165) is 11.8 Å². The van der Waals surface area contributed by atoms with E-state index in [1.54, 1.807) is 25.3 Å². The highest BCUT2D eigenvalue weighted by atomic mass is 32.2. The van der Waals surface area contributed by atoms with Crippen molar-refractivity contribution in [2.45, 2.75) is 4.90 Å². The Morgan fingerprint density at radius 3 is 2.73 bits per heavy atom. The minimum Gasteiger partial charge on any atom is -0.496 e. The molecular formula is C18H16N2O4S2. The van der Waals surface area contributed by atoms with Gasteiger partial charge in [0, 0.05) is 17.9 Å². The van der Waals surface area contributed by atoms with Crippen molar-refractivity contribution in [1.29, 1.82) is 0 Å². The lowest BCUT2D eigenvalue weighted by Crippen LogP contribution is -2.07. The molecule has 6 nitrogen and oxygen atoms in total. The second-order valence-corrected chi connectivity index (χ2v) is 8.53. The maximum Gasteiger partial charge on any atom is 0.250 e. The van der Waals surface area contributed by atoms with Crippen molar-refractivity contribution in [3.63, 3.8) is 0 Å². The summed E-state index contributed by atoms with van der Waals surface area (Å²) in [5, 5.41) is 3.09. The van der Waals surface area contributed by atoms with Crippen molar-refractivity contribution < 1.29 is 17.9 Å². The van der Waals surface area contributed by atoms with Crippen molar-refractivity contribution >= 4 is 48.5 Å². The quantitative estimate of drug-likeness (QED) is 0.678. The first-order valence-corrected chi connectivity index (χ1v) is 10.3. The lowest BCUT2D eigenvalue weighted by Gasteiger charge is -2.03. The van der Waals surface area contributed by atoms with Crippen LogP contribution < -0.4 is 10.1 Å². The summed E-state index contributed by atoms with van der Waals surface area (Å²) < 4.78 is 29.2. The molecule has 0 aliphatic heterocycles. The number of carbonyl (C=O) groups is 1. The van der Waals surface area contributed by atoms with Gasteiger partial charge >= 0.3 is 0 Å². The molecule has 3 rings (SSSR count). The van der Waals surface area contributed by atoms with Gasteiger partial charge in [0.15, 0.2) is 15.0 Å². The second-order valence-electron chi connectivity index (χ2n) is 5.49. The molecule has 0 bridgehead atoms. The molecule has 0 fully saturated rings. The van der Waals surface area contributed by atoms with Crippen molar-refractivity contribution in [2.75, 3.05) is 18.7 Å². The van der Waals surface area contributed by atoms with Crippen molar-refractivity contribution in [3.8, 4) is 5.75 Å². The Balaban J connectivity index is 1.78. The standard InChI is InChI=1S/C18H16N2O4S2/c1-24-15-6-4-3-5-12(15)7-10-17(21)20-18-19-14-9-8-13(26(2,22)23)11-16(14)25-18/h3-11H,1-2H3,(H,19,20,21)/b10-7+. The molecule has 3 aromatic rings. The van der Waals surface area contributed by atoms with Gasteiger partial charge < -0.3 is 4.74 Å². The SMILES string of the molecule is COc1ccccc1/C=C/C(=O)Nc1nc2ccc(S(C)(=O)=O)cc2s1. The van der Waals surface area contributed by atoms with Gasteiger partial charge in [-0.3, -0.25) is 10.1 Å². The molecule has 0 radical (unpaired) electrons. The number of nitrogens with zero attached hydrogens (tertiary/aromatic N) is 1. The van der Waals surface area contributed by atoms with Gasteiger partial charge in [0.2, 0.25) is 5.91 Å². The third-order valence-electron chi connectivity index (χ3n) is 3.57. The van der Waals surface area contributed by atoms with Crippen LogP contribution in [0.15, 0.2) is 53.4 Å². The predicted octanol–water partition coefficient (Wildman–Crippen LogP) is 3.36. The van der Waals surface area contributed by atoms with E-state index in [9.17, 15) is 13.2 Å². The van der Waals surface area contributed by atoms with Crippen LogP contribution in [0.25, 0.3) is 16.3 Å². The van der Waals surface area contributed by atoms with E-state index in [4.69, 9.17) is 4.74 Å². The summed E-state index contributed by atoms with van der Waals surface area (Å²) in [6.07, 6.45) is 4.20. The Kier molecular flexibility index (Phi) is 5.06. The molecule has 8 heteroatoms. The molecule has 0 spiro atoms. The molecule has 0 aliphatic carbocycles. The molecule has 0 saturated carbocycles. The predicted molar refractivity (Wildman–Crippen MR) is 103 cm³/mol. The van der Waals surface area contributed by atoms with Crippen LogP contribution in [0, 0.1) is 0 Å². The first-order valence-electron chi connectivity index (χ1n) is 7.59. The lowest BCUT2D eigenvalue weighted by molar-refractivity contribution is -0.111. The minimum atomic E-state index is -3.29. The molecule has 26 heavy (non-hydrogen) atoms. The van der Waals surface area contributed by atoms with E-state index >= 15 is 0 Å². The van der Waals surface area contributed by atoms with Crippen LogP contribution in [0.4, 0.5) is 5.13 Å². The zero-order valence-corrected chi connectivity index (χ0v) is 15.7. The van der Waals surface area contributed by atoms with E-state index in [2.05, 4.69) is 10.3 Å². The normalized spacial score (nSPS) is 11.8. The van der Waals surface area contributed by atoms with Crippen LogP contribution in [0.1, 0.15) is 5.56 Å². The Hall–Kier alpha value is -2.71. The lowest BCUT2D eigenvalue weighted by atomic mass is 10.2. The van der Waals surface area contributed by atoms with Crippen LogP contribution in [-0.4, -0.2) is 32.7 Å². The number of amides is 1. The fourth-order valence-electron chi connectivity index (χ4n) is 2.31. The highest BCUT2D eigenvalue weighted by Gasteiger charge is 2.11. The van der Waals surface area contributed by atoms with Gasteiger partial charge in [-0.1, -0.05) is 29.5 Å². The number of carbonyl (C=O) groups excluding carboxylic acids is 1. The molecular weight excluding hydrogens is 372 g/mol. The maximum absolute atomic E-state index is 12.1. The molecule has 1 aromatic heterocycles. The van der Waals surface area contributed by atoms with Gasteiger partial charge in [0.05, 0.1) is 22.2 Å². The number of aromatic nitrogens is 1. The summed E-state index contributed by atoms with van der Waals surface area (Å²) >= 11 is 1.22. The summed E-state index contributed by atoms with van der Waals surface area (Å²) in [6.45, 7) is 0. The number of nitrogens with one attached hydrogen (secondary N) is 1. The number of fused-ring (bicyclic) bond motifs is 1. The van der Waals surface area contributed by atoms with E-state index in [-0.39, 0.29) is 10.8 Å². The molecule has 1 amide bonds. The Morgan fingerprint density at radius 2 is 2.00 bits per heavy atom. The first-order chi connectivity index (χ1) is 12.4. The summed E-state index contributed by atoms with van der Waals surface area (Å²) in [5.74, 6) is 0.336. The first kappa shape index (κ1) is 18.1. The van der Waals surface area contributed by atoms with Crippen LogP contribution in [0.5, 0.6) is 5.75 Å². The number of hydrogen-bond donors (Lipinski definition) is 1. The maximum atomic E-state index is 12.1. The number of methoxy groups -OCH3 is 1. The topological polar surface area (TPSA) is 85.4 Å². The molecule has 0 saturated heterocycles. The van der Waals surface area contributed by atoms with Crippen LogP contribution in [-0.2, 0) is 14.6 Å². The number of hydrogen-bond acceptors (Lipinski definition) is 6. The summed E-state index contributed by atoms with van der Waals surface area (Å²) in [7, 11) is -1.72. The number of rotatable bonds is 5. The molecule has 2 aromatic carbocycles. The van der Waals surface area contributed by atoms with Gasteiger partial charge in [-0.05, 0) is 30.3 Å². The van der Waals surface area contributed by atoms with E-state index in [1.165, 1.54) is 23.5 Å². The average molecular weight is 388 g/mol. The van der Waals surface area contributed by atoms with Gasteiger partial charge in [-0.15, -0.1) is 0 Å². The molecule has 0 unspecified atom stereocenters. The fourth-order valence-corrected chi connectivity index (χ4v) is 3.94. The van der Waals surface area contributed by atoms with E-state index in [1.807, 2.05) is 24.3 Å². The largest absolute Gasteiger partial charge is 0.496 e. The molecule has 1 heterocycles. The summed E-state index contributed by atoms with van der Waals surface area (Å²) in [6, 6.07) is 12.0. The number of anilines is 1. The second kappa shape index (κ2) is 7.27. The monoisotopic (exact) mass is 388 g/mol. The third-order valence-corrected chi connectivity index (χ3v) is 5.62. The highest BCUT2D eigenvalue weighted by Crippen LogP contribution is 2.28. The smallest absolute Gasteiger partial charge is 0.250 e. The number of para-hydroxylation sites is 1.